The Morgan fingerprint density at radius 2 is 2.00 bits per heavy atom. The number of hydrogen-bond acceptors (Lipinski definition) is 6. The topological polar surface area (TPSA) is 84.8 Å². The largest absolute Gasteiger partial charge is 0.496 e. The van der Waals surface area contributed by atoms with Gasteiger partial charge in [0.1, 0.15) is 28.9 Å². The van der Waals surface area contributed by atoms with E-state index in [9.17, 15) is 9.18 Å². The molecule has 0 fully saturated rings. The number of carbonyl (C=O) groups excluding carboxylic acids is 1. The van der Waals surface area contributed by atoms with Gasteiger partial charge in [-0.15, -0.1) is 0 Å². The van der Waals surface area contributed by atoms with Gasteiger partial charge in [0.2, 0.25) is 0 Å². The molecule has 35 heavy (non-hydrogen) atoms. The molecule has 0 atom stereocenters. The summed E-state index contributed by atoms with van der Waals surface area (Å²) >= 11 is 0. The van der Waals surface area contributed by atoms with Gasteiger partial charge in [-0.2, -0.15) is 0 Å². The van der Waals surface area contributed by atoms with Gasteiger partial charge < -0.3 is 20.1 Å². The third-order valence-electron chi connectivity index (χ3n) is 5.25. The Labute approximate surface area is 204 Å². The first-order valence-corrected chi connectivity index (χ1v) is 11.0. The average molecular weight is 477 g/mol. The van der Waals surface area contributed by atoms with Crippen molar-refractivity contribution in [2.45, 2.75) is 27.3 Å². The standard InChI is InChI=1S/C27H29FN4O3/c1-17-13-21(28)14-20(26(17)34-5)16-31-27(33)23-7-6-8-24(19(23)3)35-22-10-12-30-25(15-22)32-18(2)9-11-29-4/h6-15H,16H2,1-5H3,(H,30,32)(H,31,33)/b18-9+,29-11?. The van der Waals surface area contributed by atoms with E-state index < -0.39 is 0 Å². The van der Waals surface area contributed by atoms with Crippen LogP contribution in [0.1, 0.15) is 34.0 Å². The quantitative estimate of drug-likeness (QED) is 0.394. The lowest BCUT2D eigenvalue weighted by atomic mass is 10.1. The Bertz CT molecular complexity index is 1270. The van der Waals surface area contributed by atoms with E-state index in [4.69, 9.17) is 9.47 Å². The number of amides is 1. The summed E-state index contributed by atoms with van der Waals surface area (Å²) in [5.74, 6) is 1.60. The molecule has 0 radical (unpaired) electrons. The molecule has 7 nitrogen and oxygen atoms in total. The van der Waals surface area contributed by atoms with Crippen molar-refractivity contribution in [3.63, 3.8) is 0 Å². The van der Waals surface area contributed by atoms with E-state index in [1.165, 1.54) is 19.2 Å². The molecule has 3 rings (SSSR count). The lowest BCUT2D eigenvalue weighted by Gasteiger charge is -2.15. The first-order chi connectivity index (χ1) is 16.8. The summed E-state index contributed by atoms with van der Waals surface area (Å²) in [6, 6.07) is 11.5. The van der Waals surface area contributed by atoms with Crippen LogP contribution in [0.25, 0.3) is 0 Å². The van der Waals surface area contributed by atoms with E-state index in [0.717, 1.165) is 5.70 Å². The van der Waals surface area contributed by atoms with E-state index in [1.54, 1.807) is 56.7 Å². The van der Waals surface area contributed by atoms with Gasteiger partial charge in [0, 0.05) is 54.5 Å². The van der Waals surface area contributed by atoms with Crippen LogP contribution < -0.4 is 20.1 Å². The summed E-state index contributed by atoms with van der Waals surface area (Å²) in [6.45, 7) is 5.60. The first-order valence-electron chi connectivity index (χ1n) is 11.0. The maximum atomic E-state index is 13.9. The Morgan fingerprint density at radius 3 is 2.74 bits per heavy atom. The van der Waals surface area contributed by atoms with Crippen LogP contribution >= 0.6 is 0 Å². The molecule has 182 valence electrons. The lowest BCUT2D eigenvalue weighted by Crippen LogP contribution is -2.24. The molecule has 0 spiro atoms. The van der Waals surface area contributed by atoms with Gasteiger partial charge in [0.25, 0.3) is 5.91 Å². The molecular weight excluding hydrogens is 447 g/mol. The molecule has 0 bridgehead atoms. The molecule has 2 N–H and O–H groups in total. The summed E-state index contributed by atoms with van der Waals surface area (Å²) < 4.78 is 25.3. The molecule has 0 saturated carbocycles. The molecule has 1 aromatic heterocycles. The number of aromatic nitrogens is 1. The highest BCUT2D eigenvalue weighted by molar-refractivity contribution is 5.96. The minimum absolute atomic E-state index is 0.125. The van der Waals surface area contributed by atoms with Gasteiger partial charge in [-0.25, -0.2) is 9.37 Å². The Morgan fingerprint density at radius 1 is 1.20 bits per heavy atom. The zero-order chi connectivity index (χ0) is 25.4. The Hall–Kier alpha value is -4.20. The number of aryl methyl sites for hydroxylation is 1. The number of ether oxygens (including phenoxy) is 2. The summed E-state index contributed by atoms with van der Waals surface area (Å²) in [6.07, 6.45) is 5.16. The van der Waals surface area contributed by atoms with Crippen LogP contribution in [0.15, 0.2) is 65.4 Å². The number of benzene rings is 2. The molecule has 0 aliphatic heterocycles. The third kappa shape index (κ3) is 6.66. The van der Waals surface area contributed by atoms with Crippen molar-refractivity contribution in [2.75, 3.05) is 19.5 Å². The monoisotopic (exact) mass is 476 g/mol. The fourth-order valence-corrected chi connectivity index (χ4v) is 3.56. The molecule has 2 aromatic carbocycles. The number of nitrogens with zero attached hydrogens (tertiary/aromatic N) is 2. The highest BCUT2D eigenvalue weighted by Crippen LogP contribution is 2.29. The molecule has 3 aromatic rings. The number of hydrogen-bond donors (Lipinski definition) is 2. The van der Waals surface area contributed by atoms with Crippen LogP contribution in [0.3, 0.4) is 0 Å². The van der Waals surface area contributed by atoms with Crippen LogP contribution in [0, 0.1) is 19.7 Å². The molecule has 1 amide bonds. The number of anilines is 1. The van der Waals surface area contributed by atoms with Gasteiger partial charge in [-0.1, -0.05) is 6.07 Å². The fourth-order valence-electron chi connectivity index (χ4n) is 3.56. The zero-order valence-electron chi connectivity index (χ0n) is 20.5. The normalized spacial score (nSPS) is 11.4. The number of methoxy groups -OCH3 is 1. The molecule has 0 aliphatic rings. The maximum Gasteiger partial charge on any atom is 0.251 e. The van der Waals surface area contributed by atoms with E-state index >= 15 is 0 Å². The van der Waals surface area contributed by atoms with Crippen molar-refractivity contribution >= 4 is 17.9 Å². The molecule has 0 unspecified atom stereocenters. The number of nitrogens with one attached hydrogen (secondary N) is 2. The molecular formula is C27H29FN4O3. The molecule has 1 heterocycles. The summed E-state index contributed by atoms with van der Waals surface area (Å²) in [4.78, 5) is 21.2. The predicted octanol–water partition coefficient (Wildman–Crippen LogP) is 5.58. The summed E-state index contributed by atoms with van der Waals surface area (Å²) in [5, 5.41) is 6.02. The van der Waals surface area contributed by atoms with Crippen LogP contribution in [-0.2, 0) is 6.54 Å². The van der Waals surface area contributed by atoms with Gasteiger partial charge in [-0.05, 0) is 62.7 Å². The first kappa shape index (κ1) is 25.4. The number of rotatable bonds is 9. The van der Waals surface area contributed by atoms with Crippen molar-refractivity contribution < 1.29 is 18.7 Å². The number of pyridine rings is 1. The lowest BCUT2D eigenvalue weighted by molar-refractivity contribution is 0.0949. The van der Waals surface area contributed by atoms with E-state index in [1.807, 2.05) is 19.9 Å². The maximum absolute atomic E-state index is 13.9. The van der Waals surface area contributed by atoms with E-state index in [-0.39, 0.29) is 18.3 Å². The Kier molecular flexibility index (Phi) is 8.56. The molecule has 0 aliphatic carbocycles. The van der Waals surface area contributed by atoms with Crippen molar-refractivity contribution in [3.05, 3.63) is 88.5 Å². The molecule has 8 heteroatoms. The van der Waals surface area contributed by atoms with Crippen LogP contribution in [0.4, 0.5) is 10.2 Å². The van der Waals surface area contributed by atoms with Crippen LogP contribution in [-0.4, -0.2) is 31.3 Å². The summed E-state index contributed by atoms with van der Waals surface area (Å²) in [5.41, 5.74) is 3.24. The third-order valence-corrected chi connectivity index (χ3v) is 5.25. The number of carbonyl (C=O) groups is 1. The number of allylic oxidation sites excluding steroid dienone is 2. The van der Waals surface area contributed by atoms with Gasteiger partial charge >= 0.3 is 0 Å². The minimum Gasteiger partial charge on any atom is -0.496 e. The van der Waals surface area contributed by atoms with Crippen molar-refractivity contribution in [2.24, 2.45) is 4.99 Å². The SMILES string of the molecule is CN=C/C=C(\C)Nc1cc(Oc2cccc(C(=O)NCc3cc(F)cc(C)c3OC)c2C)ccn1. The Balaban J connectivity index is 1.75. The fraction of sp³-hybridized carbons (Fsp3) is 0.222. The number of halogens is 1. The second kappa shape index (κ2) is 11.8. The second-order valence-corrected chi connectivity index (χ2v) is 7.89. The van der Waals surface area contributed by atoms with Crippen LogP contribution in [0.5, 0.6) is 17.2 Å². The smallest absolute Gasteiger partial charge is 0.251 e. The van der Waals surface area contributed by atoms with Crippen molar-refractivity contribution in [3.8, 4) is 17.2 Å². The van der Waals surface area contributed by atoms with Crippen molar-refractivity contribution in [1.82, 2.24) is 10.3 Å². The molecule has 0 saturated heterocycles. The average Bonchev–Trinajstić information content (AvgIpc) is 2.82. The van der Waals surface area contributed by atoms with E-state index in [0.29, 0.717) is 45.3 Å². The highest BCUT2D eigenvalue weighted by atomic mass is 19.1. The van der Waals surface area contributed by atoms with E-state index in [2.05, 4.69) is 20.6 Å². The predicted molar refractivity (Wildman–Crippen MR) is 136 cm³/mol. The van der Waals surface area contributed by atoms with Gasteiger partial charge in [0.05, 0.1) is 7.11 Å². The summed E-state index contributed by atoms with van der Waals surface area (Å²) in [7, 11) is 3.22. The van der Waals surface area contributed by atoms with Gasteiger partial charge in [-0.3, -0.25) is 9.79 Å². The highest BCUT2D eigenvalue weighted by Gasteiger charge is 2.15. The zero-order valence-corrected chi connectivity index (χ0v) is 20.5. The van der Waals surface area contributed by atoms with Crippen LogP contribution in [0.2, 0.25) is 0 Å². The minimum atomic E-state index is -0.380. The number of aliphatic imine (C=N–C) groups is 1. The second-order valence-electron chi connectivity index (χ2n) is 7.89. The van der Waals surface area contributed by atoms with Crippen molar-refractivity contribution in [1.29, 1.82) is 0 Å². The van der Waals surface area contributed by atoms with Gasteiger partial charge in [0.15, 0.2) is 0 Å².